The molecule has 3 rings (SSSR count). The molecule has 6 heteroatoms. The Hall–Kier alpha value is -1.33. The van der Waals surface area contributed by atoms with E-state index in [1.165, 1.54) is 6.07 Å². The van der Waals surface area contributed by atoms with Crippen molar-refractivity contribution in [2.24, 2.45) is 0 Å². The van der Waals surface area contributed by atoms with Crippen LogP contribution < -0.4 is 4.90 Å². The Bertz CT molecular complexity index is 643. The predicted octanol–water partition coefficient (Wildman–Crippen LogP) is 3.51. The van der Waals surface area contributed by atoms with E-state index in [2.05, 4.69) is 12.6 Å². The number of rotatable bonds is 1. The Morgan fingerprint density at radius 2 is 1.65 bits per heavy atom. The molecular weight excluding hydrogens is 301 g/mol. The summed E-state index contributed by atoms with van der Waals surface area (Å²) in [5, 5.41) is 0.145. The van der Waals surface area contributed by atoms with Crippen LogP contribution in [0.4, 0.5) is 10.1 Å². The summed E-state index contributed by atoms with van der Waals surface area (Å²) < 4.78 is 14.0. The van der Waals surface area contributed by atoms with Crippen LogP contribution in [0.2, 0.25) is 5.02 Å². The van der Waals surface area contributed by atoms with Gasteiger partial charge in [0.05, 0.1) is 10.7 Å². The number of hydrogen-bond donors (Lipinski definition) is 1. The molecule has 104 valence electrons. The molecule has 2 amide bonds. The van der Waals surface area contributed by atoms with Crippen LogP contribution in [0.15, 0.2) is 28.2 Å². The van der Waals surface area contributed by atoms with E-state index in [-0.39, 0.29) is 10.7 Å². The number of amides is 2. The van der Waals surface area contributed by atoms with E-state index in [1.54, 1.807) is 0 Å². The topological polar surface area (TPSA) is 37.4 Å². The molecule has 2 aliphatic rings. The first-order valence-corrected chi connectivity index (χ1v) is 7.12. The SMILES string of the molecule is O=C1C2=C(CCCC2)C(=O)N1c1cc(S)c(Cl)cc1F. The molecule has 0 saturated heterocycles. The van der Waals surface area contributed by atoms with E-state index in [1.807, 2.05) is 0 Å². The molecule has 1 aromatic rings. The fraction of sp³-hybridized carbons (Fsp3) is 0.286. The lowest BCUT2D eigenvalue weighted by Crippen LogP contribution is -2.32. The first kappa shape index (κ1) is 13.6. The van der Waals surface area contributed by atoms with Gasteiger partial charge in [0.15, 0.2) is 0 Å². The van der Waals surface area contributed by atoms with Crippen molar-refractivity contribution < 1.29 is 14.0 Å². The molecule has 0 atom stereocenters. The molecule has 0 fully saturated rings. The lowest BCUT2D eigenvalue weighted by Gasteiger charge is -2.16. The highest BCUT2D eigenvalue weighted by Crippen LogP contribution is 2.38. The van der Waals surface area contributed by atoms with E-state index in [9.17, 15) is 14.0 Å². The molecule has 1 aliphatic heterocycles. The highest BCUT2D eigenvalue weighted by Gasteiger charge is 2.40. The van der Waals surface area contributed by atoms with Gasteiger partial charge in [-0.1, -0.05) is 11.6 Å². The fourth-order valence-electron chi connectivity index (χ4n) is 2.66. The average molecular weight is 312 g/mol. The molecule has 1 aromatic carbocycles. The van der Waals surface area contributed by atoms with Gasteiger partial charge in [0, 0.05) is 16.0 Å². The zero-order valence-electron chi connectivity index (χ0n) is 10.4. The van der Waals surface area contributed by atoms with Gasteiger partial charge in [-0.3, -0.25) is 9.59 Å². The summed E-state index contributed by atoms with van der Waals surface area (Å²) in [6.45, 7) is 0. The minimum atomic E-state index is -0.700. The number of anilines is 1. The van der Waals surface area contributed by atoms with E-state index in [4.69, 9.17) is 11.6 Å². The summed E-state index contributed by atoms with van der Waals surface area (Å²) in [5.41, 5.74) is 0.969. The number of halogens is 2. The van der Waals surface area contributed by atoms with Gasteiger partial charge in [-0.05, 0) is 37.8 Å². The van der Waals surface area contributed by atoms with Crippen molar-refractivity contribution in [2.75, 3.05) is 4.90 Å². The van der Waals surface area contributed by atoms with Gasteiger partial charge < -0.3 is 0 Å². The molecule has 0 unspecified atom stereocenters. The van der Waals surface area contributed by atoms with Crippen LogP contribution >= 0.6 is 24.2 Å². The summed E-state index contributed by atoms with van der Waals surface area (Å²) in [6.07, 6.45) is 2.93. The van der Waals surface area contributed by atoms with Crippen molar-refractivity contribution in [3.8, 4) is 0 Å². The maximum atomic E-state index is 14.0. The second-order valence-electron chi connectivity index (χ2n) is 4.86. The van der Waals surface area contributed by atoms with Gasteiger partial charge in [-0.15, -0.1) is 12.6 Å². The first-order valence-electron chi connectivity index (χ1n) is 6.29. The van der Waals surface area contributed by atoms with E-state index in [0.717, 1.165) is 23.8 Å². The third-order valence-electron chi connectivity index (χ3n) is 3.65. The van der Waals surface area contributed by atoms with Crippen LogP contribution in [0.3, 0.4) is 0 Å². The molecule has 0 aromatic heterocycles. The summed E-state index contributed by atoms with van der Waals surface area (Å²) >= 11 is 9.88. The zero-order chi connectivity index (χ0) is 14.4. The molecule has 0 saturated carbocycles. The maximum absolute atomic E-state index is 14.0. The number of nitrogens with zero attached hydrogens (tertiary/aromatic N) is 1. The molecule has 3 nitrogen and oxygen atoms in total. The van der Waals surface area contributed by atoms with Gasteiger partial charge in [0.25, 0.3) is 11.8 Å². The molecule has 0 radical (unpaired) electrons. The summed E-state index contributed by atoms with van der Waals surface area (Å²) in [4.78, 5) is 25.9. The number of carbonyl (C=O) groups excluding carboxylic acids is 2. The Kier molecular flexibility index (Phi) is 3.34. The van der Waals surface area contributed by atoms with Crippen LogP contribution in [-0.2, 0) is 9.59 Å². The zero-order valence-corrected chi connectivity index (χ0v) is 12.1. The number of carbonyl (C=O) groups is 2. The number of thiol groups is 1. The standard InChI is InChI=1S/C14H11ClFNO2S/c15-9-5-10(16)11(6-12(9)20)17-13(18)7-3-1-2-4-8(7)14(17)19/h5-6,20H,1-4H2. The Morgan fingerprint density at radius 1 is 1.10 bits per heavy atom. The van der Waals surface area contributed by atoms with Crippen molar-refractivity contribution >= 4 is 41.7 Å². The summed E-state index contributed by atoms with van der Waals surface area (Å²) in [5.74, 6) is -1.54. The third kappa shape index (κ3) is 1.96. The highest BCUT2D eigenvalue weighted by molar-refractivity contribution is 7.80. The minimum Gasteiger partial charge on any atom is -0.269 e. The average Bonchev–Trinajstić information content (AvgIpc) is 2.68. The summed E-state index contributed by atoms with van der Waals surface area (Å²) in [7, 11) is 0. The monoisotopic (exact) mass is 311 g/mol. The second kappa shape index (κ2) is 4.90. The van der Waals surface area contributed by atoms with Crippen LogP contribution in [0.1, 0.15) is 25.7 Å². The minimum absolute atomic E-state index is 0.0798. The lowest BCUT2D eigenvalue weighted by molar-refractivity contribution is -0.120. The van der Waals surface area contributed by atoms with E-state index >= 15 is 0 Å². The second-order valence-corrected chi connectivity index (χ2v) is 5.75. The quantitative estimate of drug-likeness (QED) is 0.636. The number of benzene rings is 1. The maximum Gasteiger partial charge on any atom is 0.261 e. The Labute approximate surface area is 125 Å². The molecule has 20 heavy (non-hydrogen) atoms. The first-order chi connectivity index (χ1) is 9.50. The Morgan fingerprint density at radius 3 is 2.20 bits per heavy atom. The molecule has 1 aliphatic carbocycles. The van der Waals surface area contributed by atoms with Crippen molar-refractivity contribution in [3.05, 3.63) is 34.1 Å². The largest absolute Gasteiger partial charge is 0.269 e. The van der Waals surface area contributed by atoms with Crippen LogP contribution in [0.5, 0.6) is 0 Å². The van der Waals surface area contributed by atoms with Gasteiger partial charge in [-0.25, -0.2) is 9.29 Å². The van der Waals surface area contributed by atoms with E-state index < -0.39 is 17.6 Å². The van der Waals surface area contributed by atoms with Crippen LogP contribution in [0.25, 0.3) is 0 Å². The third-order valence-corrected chi connectivity index (χ3v) is 4.46. The van der Waals surface area contributed by atoms with Crippen molar-refractivity contribution in [1.82, 2.24) is 0 Å². The number of imide groups is 1. The fourth-order valence-corrected chi connectivity index (χ4v) is 2.99. The van der Waals surface area contributed by atoms with Crippen LogP contribution in [0, 0.1) is 5.82 Å². The normalized spacial score (nSPS) is 18.9. The molecule has 1 heterocycles. The summed E-state index contributed by atoms with van der Waals surface area (Å²) in [6, 6.07) is 2.38. The highest BCUT2D eigenvalue weighted by atomic mass is 35.5. The molecular formula is C14H11ClFNO2S. The number of hydrogen-bond acceptors (Lipinski definition) is 3. The molecule has 0 N–H and O–H groups in total. The van der Waals surface area contributed by atoms with Crippen molar-refractivity contribution in [3.63, 3.8) is 0 Å². The van der Waals surface area contributed by atoms with Gasteiger partial charge in [-0.2, -0.15) is 0 Å². The predicted molar refractivity (Wildman–Crippen MR) is 76.6 cm³/mol. The van der Waals surface area contributed by atoms with Crippen molar-refractivity contribution in [2.45, 2.75) is 30.6 Å². The van der Waals surface area contributed by atoms with Crippen molar-refractivity contribution in [1.29, 1.82) is 0 Å². The van der Waals surface area contributed by atoms with Gasteiger partial charge >= 0.3 is 0 Å². The smallest absolute Gasteiger partial charge is 0.261 e. The molecule has 0 bridgehead atoms. The van der Waals surface area contributed by atoms with Crippen LogP contribution in [-0.4, -0.2) is 11.8 Å². The van der Waals surface area contributed by atoms with E-state index in [0.29, 0.717) is 28.9 Å². The molecule has 0 spiro atoms. The van der Waals surface area contributed by atoms with Gasteiger partial charge in [0.1, 0.15) is 5.82 Å². The Balaban J connectivity index is 2.07. The lowest BCUT2D eigenvalue weighted by atomic mass is 9.93. The van der Waals surface area contributed by atoms with Gasteiger partial charge in [0.2, 0.25) is 0 Å².